The molecule has 1 aromatic heterocycles. The lowest BCUT2D eigenvalue weighted by molar-refractivity contribution is -0.131. The maximum absolute atomic E-state index is 13.6. The lowest BCUT2D eigenvalue weighted by Gasteiger charge is -2.48. The van der Waals surface area contributed by atoms with Crippen molar-refractivity contribution >= 4 is 11.7 Å². The molecule has 1 aromatic rings. The largest absolute Gasteiger partial charge is 0.354 e. The van der Waals surface area contributed by atoms with Crippen LogP contribution in [0.2, 0.25) is 0 Å². The maximum Gasteiger partial charge on any atom is 0.268 e. The number of rotatable bonds is 4. The van der Waals surface area contributed by atoms with Gasteiger partial charge in [0.1, 0.15) is 12.1 Å². The van der Waals surface area contributed by atoms with E-state index in [1.165, 1.54) is 0 Å². The van der Waals surface area contributed by atoms with E-state index in [1.54, 1.807) is 12.1 Å². The predicted molar refractivity (Wildman–Crippen MR) is 102 cm³/mol. The molecule has 0 spiro atoms. The molecular formula is C20H23F2N7O. The zero-order chi connectivity index (χ0) is 21.3. The number of halogens is 2. The van der Waals surface area contributed by atoms with Crippen molar-refractivity contribution in [2.75, 3.05) is 31.1 Å². The topological polar surface area (TPSA) is 109 Å². The normalized spacial score (nSPS) is 29.9. The molecule has 3 atom stereocenters. The summed E-state index contributed by atoms with van der Waals surface area (Å²) in [6, 6.07) is 6.29. The third-order valence-electron chi connectivity index (χ3n) is 6.39. The van der Waals surface area contributed by atoms with Crippen molar-refractivity contribution in [1.29, 1.82) is 10.5 Å². The first kappa shape index (κ1) is 20.4. The van der Waals surface area contributed by atoms with Gasteiger partial charge < -0.3 is 15.1 Å². The third-order valence-corrected chi connectivity index (χ3v) is 6.39. The van der Waals surface area contributed by atoms with Gasteiger partial charge in [0.25, 0.3) is 5.92 Å². The number of hydrogen-bond acceptors (Lipinski definition) is 7. The summed E-state index contributed by atoms with van der Waals surface area (Å²) < 4.78 is 27.3. The molecule has 1 N–H and O–H groups in total. The Balaban J connectivity index is 1.38. The lowest BCUT2D eigenvalue weighted by Crippen LogP contribution is -2.58. The van der Waals surface area contributed by atoms with Crippen LogP contribution < -0.4 is 10.2 Å². The van der Waals surface area contributed by atoms with Crippen LogP contribution in [-0.4, -0.2) is 65.2 Å². The van der Waals surface area contributed by atoms with Gasteiger partial charge in [-0.05, 0) is 36.8 Å². The molecule has 1 amide bonds. The molecule has 10 heteroatoms. The minimum atomic E-state index is -3.00. The summed E-state index contributed by atoms with van der Waals surface area (Å²) >= 11 is 0. The SMILES string of the molecule is N#Cc1ccc(N2CC3CCCC(C2)C3NCC(=O)N2CC(F)(F)CC2C#N)nn1. The van der Waals surface area contributed by atoms with Crippen molar-refractivity contribution < 1.29 is 13.6 Å². The summed E-state index contributed by atoms with van der Waals surface area (Å²) in [5.74, 6) is -2.11. The number of nitrogens with one attached hydrogen (secondary N) is 1. The number of carbonyl (C=O) groups is 1. The lowest BCUT2D eigenvalue weighted by atomic mass is 9.73. The van der Waals surface area contributed by atoms with Crippen LogP contribution in [0.15, 0.2) is 12.1 Å². The average Bonchev–Trinajstić information content (AvgIpc) is 3.06. The molecule has 2 saturated heterocycles. The summed E-state index contributed by atoms with van der Waals surface area (Å²) in [5, 5.41) is 29.4. The monoisotopic (exact) mass is 415 g/mol. The summed E-state index contributed by atoms with van der Waals surface area (Å²) in [6.45, 7) is 0.786. The van der Waals surface area contributed by atoms with E-state index in [1.807, 2.05) is 12.1 Å². The number of amides is 1. The first-order valence-corrected chi connectivity index (χ1v) is 10.2. The minimum Gasteiger partial charge on any atom is -0.354 e. The van der Waals surface area contributed by atoms with Crippen LogP contribution >= 0.6 is 0 Å². The van der Waals surface area contributed by atoms with Gasteiger partial charge in [-0.25, -0.2) is 8.78 Å². The second kappa shape index (κ2) is 8.11. The van der Waals surface area contributed by atoms with E-state index in [-0.39, 0.29) is 18.3 Å². The zero-order valence-electron chi connectivity index (χ0n) is 16.5. The third kappa shape index (κ3) is 4.05. The number of nitrogens with zero attached hydrogens (tertiary/aromatic N) is 6. The molecule has 1 aliphatic carbocycles. The Labute approximate surface area is 173 Å². The Morgan fingerprint density at radius 3 is 2.57 bits per heavy atom. The number of anilines is 1. The highest BCUT2D eigenvalue weighted by atomic mass is 19.3. The molecule has 158 valence electrons. The number of piperidine rings is 1. The quantitative estimate of drug-likeness (QED) is 0.789. The molecule has 0 aromatic carbocycles. The fourth-order valence-corrected chi connectivity index (χ4v) is 5.01. The highest BCUT2D eigenvalue weighted by molar-refractivity contribution is 5.79. The highest BCUT2D eigenvalue weighted by Gasteiger charge is 2.47. The Morgan fingerprint density at radius 2 is 1.97 bits per heavy atom. The highest BCUT2D eigenvalue weighted by Crippen LogP contribution is 2.36. The van der Waals surface area contributed by atoms with Crippen molar-refractivity contribution in [3.63, 3.8) is 0 Å². The standard InChI is InChI=1S/C20H23F2N7O/c21-20(22)6-16(8-24)29(12-20)18(30)9-25-19-13-2-1-3-14(19)11-28(10-13)17-5-4-15(7-23)26-27-17/h4-5,13-14,16,19,25H,1-3,6,9-12H2. The smallest absolute Gasteiger partial charge is 0.268 e. The predicted octanol–water partition coefficient (Wildman–Crippen LogP) is 1.30. The molecule has 3 unspecified atom stereocenters. The van der Waals surface area contributed by atoms with Crippen molar-refractivity contribution in [2.45, 2.75) is 43.7 Å². The van der Waals surface area contributed by atoms with Gasteiger partial charge in [0.2, 0.25) is 5.91 Å². The van der Waals surface area contributed by atoms with Gasteiger partial charge in [-0.2, -0.15) is 10.5 Å². The molecule has 3 aliphatic rings. The van der Waals surface area contributed by atoms with Crippen molar-refractivity contribution in [3.05, 3.63) is 17.8 Å². The number of fused-ring (bicyclic) bond motifs is 2. The Kier molecular flexibility index (Phi) is 5.52. The molecule has 8 nitrogen and oxygen atoms in total. The molecule has 0 radical (unpaired) electrons. The van der Waals surface area contributed by atoms with Gasteiger partial charge in [0.15, 0.2) is 11.5 Å². The molecule has 2 aliphatic heterocycles. The fraction of sp³-hybridized carbons (Fsp3) is 0.650. The van der Waals surface area contributed by atoms with Gasteiger partial charge in [-0.1, -0.05) is 6.42 Å². The van der Waals surface area contributed by atoms with Crippen molar-refractivity contribution in [1.82, 2.24) is 20.4 Å². The Bertz CT molecular complexity index is 865. The number of hydrogen-bond donors (Lipinski definition) is 1. The first-order valence-electron chi connectivity index (χ1n) is 10.2. The van der Waals surface area contributed by atoms with E-state index in [4.69, 9.17) is 10.5 Å². The summed E-state index contributed by atoms with van der Waals surface area (Å²) in [6.07, 6.45) is 2.53. The van der Waals surface area contributed by atoms with Gasteiger partial charge in [0.05, 0.1) is 19.2 Å². The molecule has 30 heavy (non-hydrogen) atoms. The van der Waals surface area contributed by atoms with Crippen LogP contribution in [0.5, 0.6) is 0 Å². The molecule has 3 fully saturated rings. The summed E-state index contributed by atoms with van der Waals surface area (Å²) in [5.41, 5.74) is 0.275. The van der Waals surface area contributed by atoms with E-state index in [2.05, 4.69) is 20.4 Å². The zero-order valence-corrected chi connectivity index (χ0v) is 16.5. The van der Waals surface area contributed by atoms with Crippen LogP contribution in [0, 0.1) is 34.5 Å². The molecule has 2 bridgehead atoms. The Morgan fingerprint density at radius 1 is 1.23 bits per heavy atom. The number of aromatic nitrogens is 2. The van der Waals surface area contributed by atoms with Gasteiger partial charge in [-0.3, -0.25) is 4.79 Å². The maximum atomic E-state index is 13.6. The number of carbonyl (C=O) groups excluding carboxylic acids is 1. The van der Waals surface area contributed by atoms with E-state index in [0.717, 1.165) is 43.1 Å². The van der Waals surface area contributed by atoms with Crippen LogP contribution in [0.1, 0.15) is 31.4 Å². The second-order valence-electron chi connectivity index (χ2n) is 8.38. The van der Waals surface area contributed by atoms with E-state index >= 15 is 0 Å². The van der Waals surface area contributed by atoms with Crippen LogP contribution in [0.4, 0.5) is 14.6 Å². The number of nitriles is 2. The molecule has 4 rings (SSSR count). The molecule has 3 heterocycles. The van der Waals surface area contributed by atoms with E-state index in [9.17, 15) is 13.6 Å². The first-order chi connectivity index (χ1) is 14.4. The van der Waals surface area contributed by atoms with Gasteiger partial charge in [0, 0.05) is 25.6 Å². The van der Waals surface area contributed by atoms with E-state index in [0.29, 0.717) is 11.8 Å². The van der Waals surface area contributed by atoms with Gasteiger partial charge in [-0.15, -0.1) is 10.2 Å². The van der Waals surface area contributed by atoms with Crippen molar-refractivity contribution in [2.24, 2.45) is 11.8 Å². The van der Waals surface area contributed by atoms with Crippen LogP contribution in [0.3, 0.4) is 0 Å². The number of alkyl halides is 2. The summed E-state index contributed by atoms with van der Waals surface area (Å²) in [4.78, 5) is 15.7. The van der Waals surface area contributed by atoms with Gasteiger partial charge >= 0.3 is 0 Å². The molecular weight excluding hydrogens is 392 g/mol. The van der Waals surface area contributed by atoms with Crippen molar-refractivity contribution in [3.8, 4) is 12.1 Å². The molecule has 1 saturated carbocycles. The fourth-order valence-electron chi connectivity index (χ4n) is 5.01. The van der Waals surface area contributed by atoms with Crippen LogP contribution in [0.25, 0.3) is 0 Å². The summed E-state index contributed by atoms with van der Waals surface area (Å²) in [7, 11) is 0. The minimum absolute atomic E-state index is 0.0391. The average molecular weight is 415 g/mol. The van der Waals surface area contributed by atoms with E-state index < -0.39 is 30.8 Å². The second-order valence-corrected chi connectivity index (χ2v) is 8.38. The Hall–Kier alpha value is -2.85. The number of likely N-dealkylation sites (tertiary alicyclic amines) is 1. The van der Waals surface area contributed by atoms with Crippen LogP contribution in [-0.2, 0) is 4.79 Å².